The molecule has 3 heteroatoms. The third-order valence-electron chi connectivity index (χ3n) is 3.45. The van der Waals surface area contributed by atoms with Crippen LogP contribution in [0.25, 0.3) is 10.9 Å². The fourth-order valence-electron chi connectivity index (χ4n) is 2.36. The zero-order chi connectivity index (χ0) is 14.1. The van der Waals surface area contributed by atoms with Crippen LogP contribution < -0.4 is 0 Å². The molecule has 0 N–H and O–H groups in total. The second-order valence-corrected chi connectivity index (χ2v) is 5.33. The van der Waals surface area contributed by atoms with E-state index in [4.69, 9.17) is 16.9 Å². The van der Waals surface area contributed by atoms with E-state index in [0.717, 1.165) is 5.56 Å². The lowest BCUT2D eigenvalue weighted by molar-refractivity contribution is 0.836. The lowest BCUT2D eigenvalue weighted by Gasteiger charge is -2.08. The molecular weight excluding hydrogens is 268 g/mol. The van der Waals surface area contributed by atoms with Crippen molar-refractivity contribution in [2.75, 3.05) is 0 Å². The van der Waals surface area contributed by atoms with Crippen LogP contribution in [-0.2, 0) is 6.54 Å². The second-order valence-electron chi connectivity index (χ2n) is 4.92. The van der Waals surface area contributed by atoms with Gasteiger partial charge in [-0.3, -0.25) is 0 Å². The molecule has 0 bridgehead atoms. The van der Waals surface area contributed by atoms with Gasteiger partial charge in [-0.25, -0.2) is 0 Å². The first-order valence-corrected chi connectivity index (χ1v) is 6.79. The summed E-state index contributed by atoms with van der Waals surface area (Å²) in [5.41, 5.74) is 4.05. The number of aryl methyl sites for hydroxylation is 1. The molecule has 0 spiro atoms. The van der Waals surface area contributed by atoms with Gasteiger partial charge in [0.1, 0.15) is 0 Å². The second kappa shape index (κ2) is 5.03. The highest BCUT2D eigenvalue weighted by Crippen LogP contribution is 2.22. The summed E-state index contributed by atoms with van der Waals surface area (Å²) in [6.45, 7) is 2.79. The number of hydrogen-bond acceptors (Lipinski definition) is 1. The minimum atomic E-state index is 0.590. The Labute approximate surface area is 122 Å². The largest absolute Gasteiger partial charge is 0.343 e. The Morgan fingerprint density at radius 3 is 2.75 bits per heavy atom. The third kappa shape index (κ3) is 2.29. The van der Waals surface area contributed by atoms with Gasteiger partial charge in [0.05, 0.1) is 11.6 Å². The molecule has 0 saturated carbocycles. The Morgan fingerprint density at radius 1 is 1.15 bits per heavy atom. The van der Waals surface area contributed by atoms with E-state index < -0.39 is 0 Å². The van der Waals surface area contributed by atoms with Crippen LogP contribution in [0.5, 0.6) is 0 Å². The van der Waals surface area contributed by atoms with Gasteiger partial charge in [0, 0.05) is 23.3 Å². The fourth-order valence-corrected chi connectivity index (χ4v) is 2.60. The van der Waals surface area contributed by atoms with Crippen molar-refractivity contribution in [2.24, 2.45) is 0 Å². The number of nitriles is 1. The zero-order valence-corrected chi connectivity index (χ0v) is 11.9. The molecule has 20 heavy (non-hydrogen) atoms. The minimum Gasteiger partial charge on any atom is -0.343 e. The molecule has 0 amide bonds. The molecule has 98 valence electrons. The van der Waals surface area contributed by atoms with Crippen LogP contribution >= 0.6 is 11.6 Å². The van der Waals surface area contributed by atoms with Crippen LogP contribution in [0, 0.1) is 18.3 Å². The monoisotopic (exact) mass is 280 g/mol. The first kappa shape index (κ1) is 12.8. The Balaban J connectivity index is 2.01. The first-order chi connectivity index (χ1) is 9.67. The van der Waals surface area contributed by atoms with Crippen LogP contribution in [0.1, 0.15) is 16.7 Å². The van der Waals surface area contributed by atoms with E-state index in [1.807, 2.05) is 6.07 Å². The topological polar surface area (TPSA) is 28.7 Å². The smallest absolute Gasteiger partial charge is 0.0992 e. The van der Waals surface area contributed by atoms with Crippen molar-refractivity contribution in [2.45, 2.75) is 13.5 Å². The SMILES string of the molecule is Cc1ccc2ccn(Cc3ccc(C#N)cc3Cl)c2c1. The van der Waals surface area contributed by atoms with Crippen LogP contribution in [0.15, 0.2) is 48.7 Å². The van der Waals surface area contributed by atoms with E-state index in [0.29, 0.717) is 17.1 Å². The van der Waals surface area contributed by atoms with Crippen molar-refractivity contribution < 1.29 is 0 Å². The molecule has 0 fully saturated rings. The van der Waals surface area contributed by atoms with E-state index in [1.165, 1.54) is 16.5 Å². The fraction of sp³-hybridized carbons (Fsp3) is 0.118. The minimum absolute atomic E-state index is 0.590. The number of nitrogens with zero attached hydrogens (tertiary/aromatic N) is 2. The Kier molecular flexibility index (Phi) is 3.22. The molecule has 3 rings (SSSR count). The molecule has 0 aliphatic carbocycles. The summed E-state index contributed by atoms with van der Waals surface area (Å²) in [5, 5.41) is 10.7. The van der Waals surface area contributed by atoms with Crippen LogP contribution in [0.3, 0.4) is 0 Å². The molecule has 0 saturated heterocycles. The summed E-state index contributed by atoms with van der Waals surface area (Å²) in [4.78, 5) is 0. The summed E-state index contributed by atoms with van der Waals surface area (Å²) < 4.78 is 2.18. The number of hydrogen-bond donors (Lipinski definition) is 0. The highest BCUT2D eigenvalue weighted by Gasteiger charge is 2.06. The number of fused-ring (bicyclic) bond motifs is 1. The molecule has 0 aliphatic heterocycles. The van der Waals surface area contributed by atoms with Crippen LogP contribution in [0.4, 0.5) is 0 Å². The van der Waals surface area contributed by atoms with E-state index in [2.05, 4.69) is 48.0 Å². The predicted molar refractivity (Wildman–Crippen MR) is 81.9 cm³/mol. The normalized spacial score (nSPS) is 10.7. The van der Waals surface area contributed by atoms with Gasteiger partial charge in [-0.2, -0.15) is 5.26 Å². The van der Waals surface area contributed by atoms with E-state index in [-0.39, 0.29) is 0 Å². The van der Waals surface area contributed by atoms with Gasteiger partial charge in [-0.15, -0.1) is 0 Å². The van der Waals surface area contributed by atoms with Crippen molar-refractivity contribution in [1.29, 1.82) is 5.26 Å². The van der Waals surface area contributed by atoms with Crippen molar-refractivity contribution in [3.05, 3.63) is 70.4 Å². The van der Waals surface area contributed by atoms with Crippen molar-refractivity contribution in [3.8, 4) is 6.07 Å². The summed E-state index contributed by atoms with van der Waals surface area (Å²) >= 11 is 6.24. The molecule has 2 nitrogen and oxygen atoms in total. The number of rotatable bonds is 2. The van der Waals surface area contributed by atoms with Crippen LogP contribution in [-0.4, -0.2) is 4.57 Å². The lowest BCUT2D eigenvalue weighted by atomic mass is 10.1. The van der Waals surface area contributed by atoms with E-state index in [1.54, 1.807) is 12.1 Å². The predicted octanol–water partition coefficient (Wildman–Crippen LogP) is 4.52. The quantitative estimate of drug-likeness (QED) is 0.678. The summed E-state index contributed by atoms with van der Waals surface area (Å²) in [6, 6.07) is 16.1. The van der Waals surface area contributed by atoms with Gasteiger partial charge >= 0.3 is 0 Å². The Bertz CT molecular complexity index is 825. The van der Waals surface area contributed by atoms with Crippen LogP contribution in [0.2, 0.25) is 5.02 Å². The van der Waals surface area contributed by atoms with Gasteiger partial charge in [-0.1, -0.05) is 29.8 Å². The van der Waals surface area contributed by atoms with Gasteiger partial charge in [0.25, 0.3) is 0 Å². The van der Waals surface area contributed by atoms with Gasteiger partial charge in [0.2, 0.25) is 0 Å². The van der Waals surface area contributed by atoms with Gasteiger partial charge in [0.15, 0.2) is 0 Å². The maximum absolute atomic E-state index is 8.87. The van der Waals surface area contributed by atoms with Crippen molar-refractivity contribution >= 4 is 22.5 Å². The highest BCUT2D eigenvalue weighted by molar-refractivity contribution is 6.31. The standard InChI is InChI=1S/C17H13ClN2/c1-12-2-4-14-6-7-20(17(14)8-12)11-15-5-3-13(10-19)9-16(15)18/h2-9H,11H2,1H3. The molecule has 0 atom stereocenters. The average molecular weight is 281 g/mol. The molecule has 2 aromatic carbocycles. The number of benzene rings is 2. The highest BCUT2D eigenvalue weighted by atomic mass is 35.5. The summed E-state index contributed by atoms with van der Waals surface area (Å²) in [7, 11) is 0. The molecule has 1 heterocycles. The zero-order valence-electron chi connectivity index (χ0n) is 11.1. The van der Waals surface area contributed by atoms with E-state index in [9.17, 15) is 0 Å². The third-order valence-corrected chi connectivity index (χ3v) is 3.80. The average Bonchev–Trinajstić information content (AvgIpc) is 2.83. The van der Waals surface area contributed by atoms with Gasteiger partial charge < -0.3 is 4.57 Å². The maximum Gasteiger partial charge on any atom is 0.0992 e. The van der Waals surface area contributed by atoms with Crippen molar-refractivity contribution in [1.82, 2.24) is 4.57 Å². The molecule has 1 aromatic heterocycles. The summed E-state index contributed by atoms with van der Waals surface area (Å²) in [5.74, 6) is 0. The Hall–Kier alpha value is -2.24. The summed E-state index contributed by atoms with van der Waals surface area (Å²) in [6.07, 6.45) is 2.07. The van der Waals surface area contributed by atoms with Gasteiger partial charge in [-0.05, 0) is 47.7 Å². The van der Waals surface area contributed by atoms with Crippen molar-refractivity contribution in [3.63, 3.8) is 0 Å². The number of aromatic nitrogens is 1. The first-order valence-electron chi connectivity index (χ1n) is 6.41. The molecule has 3 aromatic rings. The maximum atomic E-state index is 8.87. The molecular formula is C17H13ClN2. The Morgan fingerprint density at radius 2 is 2.00 bits per heavy atom. The molecule has 0 unspecified atom stereocenters. The lowest BCUT2D eigenvalue weighted by Crippen LogP contribution is -1.99. The van der Waals surface area contributed by atoms with E-state index >= 15 is 0 Å². The molecule has 0 aliphatic rings. The molecule has 0 radical (unpaired) electrons. The number of halogens is 1.